The van der Waals surface area contributed by atoms with E-state index in [2.05, 4.69) is 10.3 Å². The highest BCUT2D eigenvalue weighted by atomic mass is 32.2. The number of carbonyl (C=O) groups excluding carboxylic acids is 2. The normalized spacial score (nSPS) is 15.6. The number of rotatable bonds is 8. The first kappa shape index (κ1) is 24.9. The first-order valence-corrected chi connectivity index (χ1v) is 13.2. The van der Waals surface area contributed by atoms with Crippen LogP contribution in [0.3, 0.4) is 0 Å². The van der Waals surface area contributed by atoms with Gasteiger partial charge >= 0.3 is 5.97 Å². The van der Waals surface area contributed by atoms with Gasteiger partial charge in [-0.3, -0.25) is 9.59 Å². The molecule has 0 unspecified atom stereocenters. The van der Waals surface area contributed by atoms with Gasteiger partial charge in [-0.05, 0) is 50.1 Å². The molecular formula is C25H30N4O5S. The number of piperidine rings is 1. The van der Waals surface area contributed by atoms with Crippen LogP contribution >= 0.6 is 0 Å². The highest BCUT2D eigenvalue weighted by Gasteiger charge is 2.26. The summed E-state index contributed by atoms with van der Waals surface area (Å²) in [7, 11) is -1.73. The van der Waals surface area contributed by atoms with E-state index in [1.165, 1.54) is 11.2 Å². The number of sulfonamides is 1. The minimum Gasteiger partial charge on any atom is -0.453 e. The predicted octanol–water partition coefficient (Wildman–Crippen LogP) is 3.25. The van der Waals surface area contributed by atoms with Crippen molar-refractivity contribution in [3.05, 3.63) is 54.4 Å². The molecule has 10 heteroatoms. The van der Waals surface area contributed by atoms with Gasteiger partial charge in [0.2, 0.25) is 10.0 Å². The second-order valence-electron chi connectivity index (χ2n) is 8.69. The topological polar surface area (TPSA) is 111 Å². The predicted molar refractivity (Wildman–Crippen MR) is 132 cm³/mol. The van der Waals surface area contributed by atoms with Crippen LogP contribution in [-0.2, 0) is 37.8 Å². The second-order valence-corrected chi connectivity index (χ2v) is 10.6. The van der Waals surface area contributed by atoms with E-state index in [9.17, 15) is 18.0 Å². The van der Waals surface area contributed by atoms with Crippen molar-refractivity contribution in [2.45, 2.75) is 50.0 Å². The smallest absolute Gasteiger partial charge is 0.307 e. The molecule has 186 valence electrons. The van der Waals surface area contributed by atoms with Gasteiger partial charge in [0.1, 0.15) is 5.82 Å². The van der Waals surface area contributed by atoms with Crippen molar-refractivity contribution < 1.29 is 22.7 Å². The molecule has 1 saturated heterocycles. The molecule has 4 rings (SSSR count). The Kier molecular flexibility index (Phi) is 7.51. The summed E-state index contributed by atoms with van der Waals surface area (Å²) in [6.45, 7) is 2.60. The quantitative estimate of drug-likeness (QED) is 0.478. The van der Waals surface area contributed by atoms with Crippen LogP contribution < -0.4 is 5.32 Å². The molecule has 1 fully saturated rings. The number of nitrogens with zero attached hydrogens (tertiary/aromatic N) is 3. The molecule has 1 amide bonds. The Morgan fingerprint density at radius 3 is 2.51 bits per heavy atom. The summed E-state index contributed by atoms with van der Waals surface area (Å²) in [4.78, 5) is 29.4. The van der Waals surface area contributed by atoms with E-state index in [-0.39, 0.29) is 11.3 Å². The Morgan fingerprint density at radius 1 is 1.09 bits per heavy atom. The summed E-state index contributed by atoms with van der Waals surface area (Å²) in [5, 5.41) is 2.70. The van der Waals surface area contributed by atoms with Crippen molar-refractivity contribution in [3.8, 4) is 0 Å². The Labute approximate surface area is 205 Å². The number of benzene rings is 2. The van der Waals surface area contributed by atoms with Gasteiger partial charge in [-0.15, -0.1) is 0 Å². The molecule has 0 radical (unpaired) electrons. The van der Waals surface area contributed by atoms with Gasteiger partial charge in [0.05, 0.1) is 22.3 Å². The van der Waals surface area contributed by atoms with Crippen LogP contribution in [0.15, 0.2) is 53.4 Å². The molecule has 2 aromatic carbocycles. The molecule has 35 heavy (non-hydrogen) atoms. The zero-order valence-corrected chi connectivity index (χ0v) is 20.8. The minimum atomic E-state index is -3.56. The van der Waals surface area contributed by atoms with Gasteiger partial charge in [0.25, 0.3) is 5.91 Å². The number of nitrogens with one attached hydrogen (secondary N) is 1. The van der Waals surface area contributed by atoms with Crippen LogP contribution in [0.25, 0.3) is 11.0 Å². The van der Waals surface area contributed by atoms with Gasteiger partial charge in [0, 0.05) is 32.2 Å². The monoisotopic (exact) mass is 498 g/mol. The van der Waals surface area contributed by atoms with Crippen LogP contribution in [-0.4, -0.2) is 53.3 Å². The standard InChI is InChI=1S/C25H30N4O5S/c1-18(25(31)26-19-9-5-3-6-10-19)34-24(30)14-13-23-27-21-17-20(11-12-22(21)28(23)2)35(32,33)29-15-7-4-8-16-29/h3,5-6,9-12,17-18H,4,7-8,13-16H2,1-2H3,(H,26,31)/t18-/m0/s1. The van der Waals surface area contributed by atoms with Crippen LogP contribution in [0.1, 0.15) is 38.4 Å². The van der Waals surface area contributed by atoms with E-state index in [4.69, 9.17) is 4.74 Å². The molecule has 0 bridgehead atoms. The number of ether oxygens (including phenoxy) is 1. The largest absolute Gasteiger partial charge is 0.453 e. The summed E-state index contributed by atoms with van der Waals surface area (Å²) in [5.74, 6) is -0.290. The fourth-order valence-electron chi connectivity index (χ4n) is 4.16. The number of para-hydroxylation sites is 1. The number of esters is 1. The highest BCUT2D eigenvalue weighted by molar-refractivity contribution is 7.89. The highest BCUT2D eigenvalue weighted by Crippen LogP contribution is 2.25. The van der Waals surface area contributed by atoms with E-state index in [0.717, 1.165) is 24.8 Å². The van der Waals surface area contributed by atoms with Gasteiger partial charge in [-0.1, -0.05) is 24.6 Å². The molecule has 1 atom stereocenters. The van der Waals surface area contributed by atoms with E-state index in [1.54, 1.807) is 42.5 Å². The third kappa shape index (κ3) is 5.71. The average Bonchev–Trinajstić information content (AvgIpc) is 3.18. The van der Waals surface area contributed by atoms with Crippen molar-refractivity contribution in [1.29, 1.82) is 0 Å². The minimum absolute atomic E-state index is 0.0407. The lowest BCUT2D eigenvalue weighted by Crippen LogP contribution is -2.35. The number of fused-ring (bicyclic) bond motifs is 1. The molecule has 0 spiro atoms. The Hall–Kier alpha value is -3.24. The van der Waals surface area contributed by atoms with Crippen molar-refractivity contribution in [2.75, 3.05) is 18.4 Å². The summed E-state index contributed by atoms with van der Waals surface area (Å²) < 4.78 is 34.7. The Morgan fingerprint density at radius 2 is 1.80 bits per heavy atom. The fraction of sp³-hybridized carbons (Fsp3) is 0.400. The zero-order valence-electron chi connectivity index (χ0n) is 19.9. The summed E-state index contributed by atoms with van der Waals surface area (Å²) in [6.07, 6.45) is 2.19. The van der Waals surface area contributed by atoms with Crippen LogP contribution in [0, 0.1) is 0 Å². The van der Waals surface area contributed by atoms with Crippen molar-refractivity contribution >= 4 is 38.6 Å². The molecule has 1 aliphatic rings. The van der Waals surface area contributed by atoms with E-state index < -0.39 is 28.0 Å². The molecule has 0 aliphatic carbocycles. The molecule has 3 aromatic rings. The third-order valence-electron chi connectivity index (χ3n) is 6.17. The summed E-state index contributed by atoms with van der Waals surface area (Å²) >= 11 is 0. The molecule has 1 aliphatic heterocycles. The van der Waals surface area contributed by atoms with Gasteiger partial charge in [-0.2, -0.15) is 4.31 Å². The lowest BCUT2D eigenvalue weighted by atomic mass is 10.2. The molecule has 1 N–H and O–H groups in total. The zero-order chi connectivity index (χ0) is 25.0. The first-order chi connectivity index (χ1) is 16.8. The number of imidazole rings is 1. The van der Waals surface area contributed by atoms with E-state index in [1.807, 2.05) is 17.7 Å². The molecule has 2 heterocycles. The SMILES string of the molecule is C[C@H](OC(=O)CCc1nc2cc(S(=O)(=O)N3CCCCC3)ccc2n1C)C(=O)Nc1ccccc1. The first-order valence-electron chi connectivity index (χ1n) is 11.8. The average molecular weight is 499 g/mol. The number of hydrogen-bond donors (Lipinski definition) is 1. The van der Waals surface area contributed by atoms with Crippen LogP contribution in [0.5, 0.6) is 0 Å². The maximum atomic E-state index is 13.0. The lowest BCUT2D eigenvalue weighted by molar-refractivity contribution is -0.153. The lowest BCUT2D eigenvalue weighted by Gasteiger charge is -2.25. The number of hydrogen-bond acceptors (Lipinski definition) is 6. The number of aryl methyl sites for hydroxylation is 2. The van der Waals surface area contributed by atoms with Crippen molar-refractivity contribution in [1.82, 2.24) is 13.9 Å². The van der Waals surface area contributed by atoms with Crippen LogP contribution in [0.4, 0.5) is 5.69 Å². The molecular weight excluding hydrogens is 468 g/mol. The number of anilines is 1. The second kappa shape index (κ2) is 10.6. The third-order valence-corrected chi connectivity index (χ3v) is 8.06. The van der Waals surface area contributed by atoms with E-state index >= 15 is 0 Å². The molecule has 1 aromatic heterocycles. The van der Waals surface area contributed by atoms with Crippen LogP contribution in [0.2, 0.25) is 0 Å². The summed E-state index contributed by atoms with van der Waals surface area (Å²) in [6, 6.07) is 13.9. The van der Waals surface area contributed by atoms with Gasteiger partial charge in [0.15, 0.2) is 6.10 Å². The number of aromatic nitrogens is 2. The van der Waals surface area contributed by atoms with Gasteiger partial charge in [-0.25, -0.2) is 13.4 Å². The Bertz CT molecular complexity index is 1310. The summed E-state index contributed by atoms with van der Waals surface area (Å²) in [5.41, 5.74) is 1.97. The molecule has 9 nitrogen and oxygen atoms in total. The van der Waals surface area contributed by atoms with Crippen molar-refractivity contribution in [2.24, 2.45) is 7.05 Å². The van der Waals surface area contributed by atoms with Gasteiger partial charge < -0.3 is 14.6 Å². The molecule has 0 saturated carbocycles. The van der Waals surface area contributed by atoms with E-state index in [0.29, 0.717) is 36.5 Å². The number of amides is 1. The fourth-order valence-corrected chi connectivity index (χ4v) is 5.69. The van der Waals surface area contributed by atoms with Crippen molar-refractivity contribution in [3.63, 3.8) is 0 Å². The number of carbonyl (C=O) groups is 2. The Balaban J connectivity index is 1.38. The maximum Gasteiger partial charge on any atom is 0.307 e. The maximum absolute atomic E-state index is 13.0.